The molecule has 0 aliphatic carbocycles. The Balaban J connectivity index is -0.0000000450. The largest absolute Gasteiger partial charge is 0.464 e. The van der Waals surface area contributed by atoms with Gasteiger partial charge in [-0.25, -0.2) is 0 Å². The molecule has 0 fully saturated rings. The van der Waals surface area contributed by atoms with Crippen LogP contribution in [-0.2, 0) is 32.7 Å². The first-order valence-corrected chi connectivity index (χ1v) is 1.21. The summed E-state index contributed by atoms with van der Waals surface area (Å²) in [5.74, 6) is 0. The van der Waals surface area contributed by atoms with Crippen LogP contribution in [0.1, 0.15) is 0 Å². The predicted octanol–water partition coefficient (Wildman–Crippen LogP) is 0.787. The molecule has 0 saturated heterocycles. The van der Waals surface area contributed by atoms with Crippen LogP contribution in [0.4, 0.5) is 0 Å². The van der Waals surface area contributed by atoms with E-state index in [2.05, 4.69) is 7.05 Å². The summed E-state index contributed by atoms with van der Waals surface area (Å²) in [6.07, 6.45) is 0. The Morgan fingerprint density at radius 2 is 1.33 bits per heavy atom. The van der Waals surface area contributed by atoms with Crippen molar-refractivity contribution in [3.63, 3.8) is 0 Å². The Morgan fingerprint density at radius 1 is 1.33 bits per heavy atom. The summed E-state index contributed by atoms with van der Waals surface area (Å²) < 4.78 is 0. The van der Waals surface area contributed by atoms with Crippen molar-refractivity contribution in [2.75, 3.05) is 14.1 Å². The standard InChI is InChI=1S/C3H8N.CH3.Y/c1-4(2)3;;/h1H2,2-3H3;1H3;/q2*-1;. The van der Waals surface area contributed by atoms with Crippen LogP contribution in [0.2, 0.25) is 0 Å². The zero-order valence-electron chi connectivity index (χ0n) is 4.73. The summed E-state index contributed by atoms with van der Waals surface area (Å²) in [5, 5.41) is 0. The van der Waals surface area contributed by atoms with E-state index in [4.69, 9.17) is 0 Å². The van der Waals surface area contributed by atoms with E-state index in [1.54, 1.807) is 4.90 Å². The van der Waals surface area contributed by atoms with E-state index < -0.39 is 0 Å². The number of hydrogen-bond donors (Lipinski definition) is 0. The Hall–Kier alpha value is 1.06. The zero-order chi connectivity index (χ0) is 3.58. The molecule has 0 N–H and O–H groups in total. The van der Waals surface area contributed by atoms with Crippen molar-refractivity contribution in [2.24, 2.45) is 0 Å². The van der Waals surface area contributed by atoms with Crippen LogP contribution in [0.15, 0.2) is 0 Å². The molecule has 0 aliphatic heterocycles. The molecule has 0 bridgehead atoms. The molecular weight excluding hydrogens is 151 g/mol. The van der Waals surface area contributed by atoms with E-state index in [-0.39, 0.29) is 40.1 Å². The van der Waals surface area contributed by atoms with Crippen molar-refractivity contribution in [3.8, 4) is 0 Å². The second-order valence-electron chi connectivity index (χ2n) is 1.08. The fourth-order valence-electron chi connectivity index (χ4n) is 0. The monoisotopic (exact) mass is 162 g/mol. The Kier molecular flexibility index (Phi) is 24.7. The van der Waals surface area contributed by atoms with E-state index >= 15 is 0 Å². The molecule has 0 aromatic carbocycles. The van der Waals surface area contributed by atoms with Gasteiger partial charge in [0.2, 0.25) is 0 Å². The first-order chi connectivity index (χ1) is 1.73. The summed E-state index contributed by atoms with van der Waals surface area (Å²) >= 11 is 0. The van der Waals surface area contributed by atoms with Crippen molar-refractivity contribution in [3.05, 3.63) is 14.5 Å². The smallest absolute Gasteiger partial charge is 0 e. The van der Waals surface area contributed by atoms with Crippen molar-refractivity contribution in [1.82, 2.24) is 4.90 Å². The van der Waals surface area contributed by atoms with Gasteiger partial charge in [-0.05, 0) is 14.1 Å². The van der Waals surface area contributed by atoms with E-state index in [1.807, 2.05) is 14.1 Å². The van der Waals surface area contributed by atoms with E-state index in [1.165, 1.54) is 0 Å². The summed E-state index contributed by atoms with van der Waals surface area (Å²) in [6.45, 7) is 0. The molecule has 0 aliphatic rings. The fourth-order valence-corrected chi connectivity index (χ4v) is 0. The molecule has 2 heteroatoms. The first-order valence-electron chi connectivity index (χ1n) is 1.21. The van der Waals surface area contributed by atoms with Crippen LogP contribution < -0.4 is 0 Å². The van der Waals surface area contributed by atoms with E-state index in [9.17, 15) is 0 Å². The molecule has 0 amide bonds. The molecule has 0 saturated carbocycles. The van der Waals surface area contributed by atoms with Crippen molar-refractivity contribution in [1.29, 1.82) is 0 Å². The first kappa shape index (κ1) is 15.7. The van der Waals surface area contributed by atoms with Crippen molar-refractivity contribution >= 4 is 0 Å². The second kappa shape index (κ2) is 9.42. The Labute approximate surface area is 66.0 Å². The average Bonchev–Trinajstić information content (AvgIpc) is 0.811. The summed E-state index contributed by atoms with van der Waals surface area (Å²) in [7, 11) is 7.25. The second-order valence-corrected chi connectivity index (χ2v) is 1.08. The summed E-state index contributed by atoms with van der Waals surface area (Å²) in [6, 6.07) is 0. The number of nitrogens with zero attached hydrogens (tertiary/aromatic N) is 1. The Morgan fingerprint density at radius 3 is 1.33 bits per heavy atom. The Bertz CT molecular complexity index is 12.3. The maximum absolute atomic E-state index is 3.47. The van der Waals surface area contributed by atoms with Crippen LogP contribution in [0, 0.1) is 14.5 Å². The summed E-state index contributed by atoms with van der Waals surface area (Å²) in [4.78, 5) is 1.75. The van der Waals surface area contributed by atoms with Gasteiger partial charge in [-0.2, -0.15) is 0 Å². The average molecular weight is 162 g/mol. The van der Waals surface area contributed by atoms with Crippen LogP contribution in [0.25, 0.3) is 0 Å². The molecule has 0 aromatic rings. The maximum atomic E-state index is 3.47. The maximum Gasteiger partial charge on any atom is 0 e. The minimum Gasteiger partial charge on any atom is -0.464 e. The molecule has 6 heavy (non-hydrogen) atoms. The minimum absolute atomic E-state index is 0. The van der Waals surface area contributed by atoms with Gasteiger partial charge in [0.05, 0.1) is 0 Å². The fraction of sp³-hybridized carbons (Fsp3) is 0.500. The summed E-state index contributed by atoms with van der Waals surface area (Å²) in [5.41, 5.74) is 0. The third-order valence-electron chi connectivity index (χ3n) is 0. The van der Waals surface area contributed by atoms with E-state index in [0.717, 1.165) is 0 Å². The van der Waals surface area contributed by atoms with Gasteiger partial charge in [0.1, 0.15) is 0 Å². The van der Waals surface area contributed by atoms with Gasteiger partial charge >= 0.3 is 0 Å². The SMILES string of the molecule is [CH2-]N(C)C.[CH3-].[Y]. The van der Waals surface area contributed by atoms with Gasteiger partial charge in [0.15, 0.2) is 0 Å². The van der Waals surface area contributed by atoms with Crippen LogP contribution in [0.3, 0.4) is 0 Å². The van der Waals surface area contributed by atoms with Gasteiger partial charge in [-0.15, -0.1) is 0 Å². The third-order valence-corrected chi connectivity index (χ3v) is 0. The molecule has 0 rings (SSSR count). The molecule has 1 radical (unpaired) electrons. The minimum atomic E-state index is 0. The normalized spacial score (nSPS) is 6.00. The molecule has 1 nitrogen and oxygen atoms in total. The van der Waals surface area contributed by atoms with Gasteiger partial charge in [-0.3, -0.25) is 7.05 Å². The van der Waals surface area contributed by atoms with Crippen LogP contribution >= 0.6 is 0 Å². The van der Waals surface area contributed by atoms with Gasteiger partial charge in [0, 0.05) is 32.7 Å². The van der Waals surface area contributed by atoms with Crippen molar-refractivity contribution in [2.45, 2.75) is 0 Å². The molecule has 0 atom stereocenters. The molecule has 0 unspecified atom stereocenters. The molecule has 37 valence electrons. The topological polar surface area (TPSA) is 3.24 Å². The van der Waals surface area contributed by atoms with Gasteiger partial charge in [-0.1, -0.05) is 0 Å². The van der Waals surface area contributed by atoms with E-state index in [0.29, 0.717) is 0 Å². The molecule has 0 spiro atoms. The van der Waals surface area contributed by atoms with Crippen LogP contribution in [-0.4, -0.2) is 19.0 Å². The van der Waals surface area contributed by atoms with Crippen LogP contribution in [0.5, 0.6) is 0 Å². The zero-order valence-corrected chi connectivity index (χ0v) is 7.57. The molecule has 0 heterocycles. The predicted molar refractivity (Wildman–Crippen MR) is 25.5 cm³/mol. The molecule has 0 aromatic heterocycles. The molecular formula is C4H11NY-2. The van der Waals surface area contributed by atoms with Gasteiger partial charge < -0.3 is 12.3 Å². The number of hydrogen-bond acceptors (Lipinski definition) is 1. The third kappa shape index (κ3) is 73.9. The van der Waals surface area contributed by atoms with Crippen molar-refractivity contribution < 1.29 is 32.7 Å². The van der Waals surface area contributed by atoms with Gasteiger partial charge in [0.25, 0.3) is 0 Å². The quantitative estimate of drug-likeness (QED) is 0.476. The number of rotatable bonds is 0.